The Hall–Kier alpha value is -2.74. The second-order valence-electron chi connectivity index (χ2n) is 6.21. The van der Waals surface area contributed by atoms with Crippen molar-refractivity contribution in [1.29, 1.82) is 5.26 Å². The van der Waals surface area contributed by atoms with Gasteiger partial charge in [-0.05, 0) is 69.9 Å². The van der Waals surface area contributed by atoms with Crippen LogP contribution in [0.3, 0.4) is 0 Å². The molecule has 0 spiro atoms. The highest BCUT2D eigenvalue weighted by Crippen LogP contribution is 2.38. The third-order valence-corrected chi connectivity index (χ3v) is 4.99. The molecule has 0 radical (unpaired) electrons. The van der Waals surface area contributed by atoms with Crippen molar-refractivity contribution in [2.75, 3.05) is 6.61 Å². The van der Waals surface area contributed by atoms with Gasteiger partial charge in [-0.2, -0.15) is 5.26 Å². The number of rotatable bonds is 7. The Bertz CT molecular complexity index is 1040. The van der Waals surface area contributed by atoms with E-state index in [-0.39, 0.29) is 0 Å². The number of halogens is 2. The molecule has 0 heterocycles. The average molecular weight is 469 g/mol. The number of hydrogen-bond donors (Lipinski definition) is 0. The molecule has 5 heteroatoms. The highest BCUT2D eigenvalue weighted by Gasteiger charge is 2.13. The van der Waals surface area contributed by atoms with Crippen molar-refractivity contribution in [3.63, 3.8) is 0 Å². The van der Waals surface area contributed by atoms with E-state index in [1.807, 2.05) is 79.7 Å². The van der Waals surface area contributed by atoms with E-state index < -0.39 is 0 Å². The number of allylic oxidation sites excluding steroid dienone is 1. The Labute approximate surface area is 184 Å². The molecule has 0 N–H and O–H groups in total. The lowest BCUT2D eigenvalue weighted by molar-refractivity contribution is 0.267. The fourth-order valence-electron chi connectivity index (χ4n) is 2.77. The molecule has 3 aromatic rings. The first-order valence-corrected chi connectivity index (χ1v) is 10.3. The summed E-state index contributed by atoms with van der Waals surface area (Å²) in [7, 11) is 0. The van der Waals surface area contributed by atoms with E-state index in [0.29, 0.717) is 35.3 Å². The van der Waals surface area contributed by atoms with Crippen molar-refractivity contribution >= 4 is 39.2 Å². The molecule has 29 heavy (non-hydrogen) atoms. The third kappa shape index (κ3) is 5.63. The molecule has 0 fully saturated rings. The molecule has 0 aliphatic rings. The molecule has 0 unspecified atom stereocenters. The minimum Gasteiger partial charge on any atom is -0.490 e. The number of benzene rings is 3. The second kappa shape index (κ2) is 10.2. The maximum atomic E-state index is 9.57. The Morgan fingerprint density at radius 3 is 2.45 bits per heavy atom. The van der Waals surface area contributed by atoms with Crippen molar-refractivity contribution < 1.29 is 9.47 Å². The van der Waals surface area contributed by atoms with E-state index in [9.17, 15) is 5.26 Å². The first-order valence-electron chi connectivity index (χ1n) is 9.11. The van der Waals surface area contributed by atoms with Crippen LogP contribution in [0.1, 0.15) is 23.6 Å². The van der Waals surface area contributed by atoms with Crippen LogP contribution < -0.4 is 9.47 Å². The SMILES string of the molecule is CCOc1cc(/C=C(/C#N)c2ccccc2)cc(Br)c1OCc1ccc(Cl)cc1. The number of ether oxygens (including phenoxy) is 2. The summed E-state index contributed by atoms with van der Waals surface area (Å²) in [6, 6.07) is 23.2. The molecule has 0 saturated carbocycles. The van der Waals surface area contributed by atoms with Crippen molar-refractivity contribution in [3.05, 3.63) is 92.9 Å². The van der Waals surface area contributed by atoms with Gasteiger partial charge in [-0.1, -0.05) is 54.1 Å². The zero-order chi connectivity index (χ0) is 20.6. The fraction of sp³-hybridized carbons (Fsp3) is 0.125. The minimum absolute atomic E-state index is 0.387. The second-order valence-corrected chi connectivity index (χ2v) is 7.50. The summed E-state index contributed by atoms with van der Waals surface area (Å²) < 4.78 is 12.6. The molecule has 0 aliphatic carbocycles. The van der Waals surface area contributed by atoms with Crippen LogP contribution in [0, 0.1) is 11.3 Å². The fourth-order valence-corrected chi connectivity index (χ4v) is 3.48. The van der Waals surface area contributed by atoms with Crippen LogP contribution in [0.25, 0.3) is 11.6 Å². The molecule has 0 aliphatic heterocycles. The number of nitrogens with zero attached hydrogens (tertiary/aromatic N) is 1. The van der Waals surface area contributed by atoms with Gasteiger partial charge in [0.05, 0.1) is 22.7 Å². The maximum absolute atomic E-state index is 9.57. The average Bonchev–Trinajstić information content (AvgIpc) is 2.73. The van der Waals surface area contributed by atoms with Crippen LogP contribution in [-0.2, 0) is 6.61 Å². The summed E-state index contributed by atoms with van der Waals surface area (Å²) in [6.45, 7) is 2.81. The van der Waals surface area contributed by atoms with Crippen molar-refractivity contribution in [3.8, 4) is 17.6 Å². The van der Waals surface area contributed by atoms with E-state index in [1.165, 1.54) is 0 Å². The highest BCUT2D eigenvalue weighted by molar-refractivity contribution is 9.10. The molecule has 3 nitrogen and oxygen atoms in total. The van der Waals surface area contributed by atoms with Crippen LogP contribution in [0.15, 0.2) is 71.2 Å². The summed E-state index contributed by atoms with van der Waals surface area (Å²) in [5.41, 5.74) is 3.30. The molecular formula is C24H19BrClNO2. The molecule has 0 bridgehead atoms. The van der Waals surface area contributed by atoms with Gasteiger partial charge < -0.3 is 9.47 Å². The molecule has 0 atom stereocenters. The first kappa shape index (κ1) is 21.0. The van der Waals surface area contributed by atoms with E-state index in [4.69, 9.17) is 21.1 Å². The van der Waals surface area contributed by atoms with E-state index in [1.54, 1.807) is 0 Å². The predicted molar refractivity (Wildman–Crippen MR) is 121 cm³/mol. The van der Waals surface area contributed by atoms with Gasteiger partial charge in [0, 0.05) is 5.02 Å². The monoisotopic (exact) mass is 467 g/mol. The Balaban J connectivity index is 1.90. The maximum Gasteiger partial charge on any atom is 0.175 e. The molecular weight excluding hydrogens is 450 g/mol. The van der Waals surface area contributed by atoms with Crippen molar-refractivity contribution in [2.24, 2.45) is 0 Å². The topological polar surface area (TPSA) is 42.2 Å². The van der Waals surface area contributed by atoms with Gasteiger partial charge in [0.25, 0.3) is 0 Å². The van der Waals surface area contributed by atoms with Gasteiger partial charge in [-0.3, -0.25) is 0 Å². The standard InChI is InChI=1S/C24H19BrClNO2/c1-2-28-23-14-18(12-20(15-27)19-6-4-3-5-7-19)13-22(25)24(23)29-16-17-8-10-21(26)11-9-17/h3-14H,2,16H2,1H3/b20-12-. The van der Waals surface area contributed by atoms with E-state index >= 15 is 0 Å². The molecule has 146 valence electrons. The van der Waals surface area contributed by atoms with Crippen LogP contribution in [0.5, 0.6) is 11.5 Å². The van der Waals surface area contributed by atoms with Crippen LogP contribution in [0.2, 0.25) is 5.02 Å². The predicted octanol–water partition coefficient (Wildman–Crippen LogP) is 7.14. The highest BCUT2D eigenvalue weighted by atomic mass is 79.9. The largest absolute Gasteiger partial charge is 0.490 e. The Morgan fingerprint density at radius 2 is 1.79 bits per heavy atom. The van der Waals surface area contributed by atoms with E-state index in [2.05, 4.69) is 22.0 Å². The van der Waals surface area contributed by atoms with E-state index in [0.717, 1.165) is 21.2 Å². The van der Waals surface area contributed by atoms with Crippen LogP contribution in [0.4, 0.5) is 0 Å². The number of nitriles is 1. The molecule has 3 aromatic carbocycles. The number of hydrogen-bond acceptors (Lipinski definition) is 3. The minimum atomic E-state index is 0.387. The smallest absolute Gasteiger partial charge is 0.175 e. The van der Waals surface area contributed by atoms with Gasteiger partial charge in [0.2, 0.25) is 0 Å². The zero-order valence-electron chi connectivity index (χ0n) is 15.9. The summed E-state index contributed by atoms with van der Waals surface area (Å²) in [6.07, 6.45) is 1.84. The summed E-state index contributed by atoms with van der Waals surface area (Å²) in [5, 5.41) is 10.3. The zero-order valence-corrected chi connectivity index (χ0v) is 18.2. The van der Waals surface area contributed by atoms with Gasteiger partial charge >= 0.3 is 0 Å². The lowest BCUT2D eigenvalue weighted by atomic mass is 10.0. The van der Waals surface area contributed by atoms with Gasteiger partial charge in [-0.15, -0.1) is 0 Å². The third-order valence-electron chi connectivity index (χ3n) is 4.14. The molecule has 3 rings (SSSR count). The van der Waals surface area contributed by atoms with Crippen molar-refractivity contribution in [2.45, 2.75) is 13.5 Å². The Morgan fingerprint density at radius 1 is 1.07 bits per heavy atom. The summed E-state index contributed by atoms with van der Waals surface area (Å²) >= 11 is 9.52. The molecule has 0 saturated heterocycles. The first-order chi connectivity index (χ1) is 14.1. The van der Waals surface area contributed by atoms with Crippen molar-refractivity contribution in [1.82, 2.24) is 0 Å². The van der Waals surface area contributed by atoms with Crippen LogP contribution >= 0.6 is 27.5 Å². The Kier molecular flexibility index (Phi) is 7.35. The normalized spacial score (nSPS) is 11.0. The quantitative estimate of drug-likeness (QED) is 0.273. The van der Waals surface area contributed by atoms with Gasteiger partial charge in [-0.25, -0.2) is 0 Å². The lowest BCUT2D eigenvalue weighted by Crippen LogP contribution is -2.01. The van der Waals surface area contributed by atoms with Crippen LogP contribution in [-0.4, -0.2) is 6.61 Å². The summed E-state index contributed by atoms with van der Waals surface area (Å²) in [5.74, 6) is 1.24. The lowest BCUT2D eigenvalue weighted by Gasteiger charge is -2.15. The molecule has 0 aromatic heterocycles. The van der Waals surface area contributed by atoms with Gasteiger partial charge in [0.15, 0.2) is 11.5 Å². The molecule has 0 amide bonds. The van der Waals surface area contributed by atoms with Gasteiger partial charge in [0.1, 0.15) is 6.61 Å². The summed E-state index contributed by atoms with van der Waals surface area (Å²) in [4.78, 5) is 0.